The molecule has 0 bridgehead atoms. The Hall–Kier alpha value is -1.66. The number of benzene rings is 2. The standard InChI is InChI=1S/C21H22BrNO3S/c22-18-12-20-19(25-9-10-26-20)11-17(18)14-27-13-15-3-5-16(6-4-15)21(24)23-7-1-2-8-23/h3-6,11-12H,1-2,7-10,13-14H2. The highest BCUT2D eigenvalue weighted by molar-refractivity contribution is 9.10. The van der Waals surface area contributed by atoms with Gasteiger partial charge in [0.05, 0.1) is 0 Å². The summed E-state index contributed by atoms with van der Waals surface area (Å²) in [4.78, 5) is 14.4. The number of nitrogens with zero attached hydrogens (tertiary/aromatic N) is 1. The fourth-order valence-electron chi connectivity index (χ4n) is 3.34. The molecule has 27 heavy (non-hydrogen) atoms. The molecule has 0 unspecified atom stereocenters. The molecular weight excluding hydrogens is 426 g/mol. The van der Waals surface area contributed by atoms with Gasteiger partial charge in [0.2, 0.25) is 0 Å². The van der Waals surface area contributed by atoms with Gasteiger partial charge in [-0.05, 0) is 48.2 Å². The third-order valence-corrected chi connectivity index (χ3v) is 6.62. The van der Waals surface area contributed by atoms with Gasteiger partial charge in [0.25, 0.3) is 5.91 Å². The Morgan fingerprint density at radius 2 is 1.67 bits per heavy atom. The largest absolute Gasteiger partial charge is 0.486 e. The van der Waals surface area contributed by atoms with Gasteiger partial charge in [-0.25, -0.2) is 0 Å². The first-order chi connectivity index (χ1) is 13.2. The number of ether oxygens (including phenoxy) is 2. The van der Waals surface area contributed by atoms with Crippen LogP contribution in [0.5, 0.6) is 11.5 Å². The molecule has 0 saturated carbocycles. The lowest BCUT2D eigenvalue weighted by Gasteiger charge is -2.20. The van der Waals surface area contributed by atoms with E-state index in [0.29, 0.717) is 13.2 Å². The summed E-state index contributed by atoms with van der Waals surface area (Å²) in [5, 5.41) is 0. The molecule has 2 aromatic carbocycles. The Morgan fingerprint density at radius 3 is 2.37 bits per heavy atom. The van der Waals surface area contributed by atoms with E-state index in [1.54, 1.807) is 0 Å². The van der Waals surface area contributed by atoms with Crippen molar-refractivity contribution in [2.75, 3.05) is 26.3 Å². The van der Waals surface area contributed by atoms with Gasteiger partial charge in [0.15, 0.2) is 11.5 Å². The molecule has 0 spiro atoms. The van der Waals surface area contributed by atoms with Crippen molar-refractivity contribution in [3.05, 3.63) is 57.6 Å². The van der Waals surface area contributed by atoms with Gasteiger partial charge in [-0.2, -0.15) is 11.8 Å². The average molecular weight is 448 g/mol. The molecule has 4 nitrogen and oxygen atoms in total. The van der Waals surface area contributed by atoms with Crippen molar-refractivity contribution in [2.45, 2.75) is 24.3 Å². The smallest absolute Gasteiger partial charge is 0.253 e. The van der Waals surface area contributed by atoms with E-state index in [9.17, 15) is 4.79 Å². The maximum Gasteiger partial charge on any atom is 0.253 e. The highest BCUT2D eigenvalue weighted by Crippen LogP contribution is 2.37. The Morgan fingerprint density at radius 1 is 1.00 bits per heavy atom. The fraction of sp³-hybridized carbons (Fsp3) is 0.381. The normalized spacial score (nSPS) is 15.8. The minimum atomic E-state index is 0.159. The van der Waals surface area contributed by atoms with Crippen LogP contribution in [0.25, 0.3) is 0 Å². The molecule has 4 rings (SSSR count). The second kappa shape index (κ2) is 8.57. The summed E-state index contributed by atoms with van der Waals surface area (Å²) in [5.74, 6) is 3.57. The first kappa shape index (κ1) is 18.7. The van der Waals surface area contributed by atoms with Crippen molar-refractivity contribution < 1.29 is 14.3 Å². The van der Waals surface area contributed by atoms with Crippen LogP contribution < -0.4 is 9.47 Å². The number of hydrogen-bond donors (Lipinski definition) is 0. The molecule has 142 valence electrons. The van der Waals surface area contributed by atoms with Gasteiger partial charge in [0.1, 0.15) is 13.2 Å². The second-order valence-corrected chi connectivity index (χ2v) is 8.62. The monoisotopic (exact) mass is 447 g/mol. The molecule has 0 aromatic heterocycles. The number of carbonyl (C=O) groups excluding carboxylic acids is 1. The molecule has 6 heteroatoms. The SMILES string of the molecule is O=C(c1ccc(CSCc2cc3c(cc2Br)OCCO3)cc1)N1CCCC1. The Kier molecular flexibility index (Phi) is 5.93. The summed E-state index contributed by atoms with van der Waals surface area (Å²) in [6.07, 6.45) is 2.24. The molecule has 2 aliphatic rings. The molecule has 0 radical (unpaired) electrons. The lowest BCUT2D eigenvalue weighted by atomic mass is 10.1. The molecule has 0 aliphatic carbocycles. The molecule has 1 saturated heterocycles. The Balaban J connectivity index is 1.33. The molecule has 0 atom stereocenters. The number of hydrogen-bond acceptors (Lipinski definition) is 4. The van der Waals surface area contributed by atoms with Gasteiger partial charge in [-0.1, -0.05) is 28.1 Å². The number of amides is 1. The summed E-state index contributed by atoms with van der Waals surface area (Å²) in [7, 11) is 0. The summed E-state index contributed by atoms with van der Waals surface area (Å²) in [5.41, 5.74) is 3.22. The fourth-order valence-corrected chi connectivity index (χ4v) is 4.98. The predicted molar refractivity (Wildman–Crippen MR) is 112 cm³/mol. The Bertz CT molecular complexity index is 819. The maximum absolute atomic E-state index is 12.4. The van der Waals surface area contributed by atoms with Crippen molar-refractivity contribution >= 4 is 33.6 Å². The number of carbonyl (C=O) groups is 1. The summed E-state index contributed by atoms with van der Waals surface area (Å²) >= 11 is 5.47. The molecular formula is C21H22BrNO3S. The molecule has 0 N–H and O–H groups in total. The van der Waals surface area contributed by atoms with Crippen LogP contribution in [-0.2, 0) is 11.5 Å². The van der Waals surface area contributed by atoms with Crippen LogP contribution in [0.1, 0.15) is 34.3 Å². The third kappa shape index (κ3) is 4.43. The highest BCUT2D eigenvalue weighted by atomic mass is 79.9. The van der Waals surface area contributed by atoms with Crippen molar-refractivity contribution in [2.24, 2.45) is 0 Å². The van der Waals surface area contributed by atoms with Crippen molar-refractivity contribution in [1.29, 1.82) is 0 Å². The van der Waals surface area contributed by atoms with Gasteiger partial charge in [-0.3, -0.25) is 4.79 Å². The molecule has 1 fully saturated rings. The van der Waals surface area contributed by atoms with E-state index in [-0.39, 0.29) is 5.91 Å². The van der Waals surface area contributed by atoms with E-state index in [0.717, 1.165) is 59.0 Å². The van der Waals surface area contributed by atoms with E-state index in [1.165, 1.54) is 11.1 Å². The highest BCUT2D eigenvalue weighted by Gasteiger charge is 2.19. The van der Waals surface area contributed by atoms with Crippen molar-refractivity contribution in [3.8, 4) is 11.5 Å². The first-order valence-electron chi connectivity index (χ1n) is 9.25. The molecule has 2 heterocycles. The number of fused-ring (bicyclic) bond motifs is 1. The van der Waals surface area contributed by atoms with Crippen molar-refractivity contribution in [3.63, 3.8) is 0 Å². The van der Waals surface area contributed by atoms with Crippen LogP contribution >= 0.6 is 27.7 Å². The third-order valence-electron chi connectivity index (χ3n) is 4.83. The topological polar surface area (TPSA) is 38.8 Å². The molecule has 1 amide bonds. The van der Waals surface area contributed by atoms with Crippen LogP contribution in [0.4, 0.5) is 0 Å². The summed E-state index contributed by atoms with van der Waals surface area (Å²) < 4.78 is 12.3. The molecule has 2 aliphatic heterocycles. The zero-order valence-electron chi connectivity index (χ0n) is 15.1. The minimum absolute atomic E-state index is 0.159. The van der Waals surface area contributed by atoms with E-state index >= 15 is 0 Å². The van der Waals surface area contributed by atoms with Crippen LogP contribution in [-0.4, -0.2) is 37.1 Å². The van der Waals surface area contributed by atoms with Crippen LogP contribution in [0.2, 0.25) is 0 Å². The first-order valence-corrected chi connectivity index (χ1v) is 11.2. The minimum Gasteiger partial charge on any atom is -0.486 e. The average Bonchev–Trinajstić information content (AvgIpc) is 3.23. The lowest BCUT2D eigenvalue weighted by molar-refractivity contribution is 0.0793. The quantitative estimate of drug-likeness (QED) is 0.653. The summed E-state index contributed by atoms with van der Waals surface area (Å²) in [6, 6.07) is 12.1. The number of thioether (sulfide) groups is 1. The van der Waals surface area contributed by atoms with Crippen LogP contribution in [0.3, 0.4) is 0 Å². The van der Waals surface area contributed by atoms with Gasteiger partial charge in [0, 0.05) is 34.6 Å². The van der Waals surface area contributed by atoms with Crippen molar-refractivity contribution in [1.82, 2.24) is 4.90 Å². The number of halogens is 1. The second-order valence-electron chi connectivity index (χ2n) is 6.78. The van der Waals surface area contributed by atoms with Gasteiger partial charge >= 0.3 is 0 Å². The van der Waals surface area contributed by atoms with Gasteiger partial charge < -0.3 is 14.4 Å². The zero-order chi connectivity index (χ0) is 18.6. The number of likely N-dealkylation sites (tertiary alicyclic amines) is 1. The van der Waals surface area contributed by atoms with Gasteiger partial charge in [-0.15, -0.1) is 0 Å². The Labute approximate surface area is 172 Å². The van der Waals surface area contributed by atoms with Crippen LogP contribution in [0, 0.1) is 0 Å². The predicted octanol–water partition coefficient (Wildman–Crippen LogP) is 4.89. The lowest BCUT2D eigenvalue weighted by Crippen LogP contribution is -2.27. The zero-order valence-corrected chi connectivity index (χ0v) is 17.5. The maximum atomic E-state index is 12.4. The summed E-state index contributed by atoms with van der Waals surface area (Å²) in [6.45, 7) is 2.98. The van der Waals surface area contributed by atoms with E-state index in [4.69, 9.17) is 9.47 Å². The van der Waals surface area contributed by atoms with E-state index in [1.807, 2.05) is 34.9 Å². The van der Waals surface area contributed by atoms with E-state index in [2.05, 4.69) is 34.1 Å². The molecule has 2 aromatic rings. The van der Waals surface area contributed by atoms with E-state index < -0.39 is 0 Å². The van der Waals surface area contributed by atoms with Crippen LogP contribution in [0.15, 0.2) is 40.9 Å². The number of rotatable bonds is 5.